The largest absolute Gasteiger partial charge is 0.355 e. The summed E-state index contributed by atoms with van der Waals surface area (Å²) in [6.07, 6.45) is 4.04. The fourth-order valence-electron chi connectivity index (χ4n) is 5.78. The molecule has 8 bridgehead atoms. The zero-order valence-corrected chi connectivity index (χ0v) is 23.2. The lowest BCUT2D eigenvalue weighted by Crippen LogP contribution is -2.19. The summed E-state index contributed by atoms with van der Waals surface area (Å²) in [7, 11) is 1.46. The quantitative estimate of drug-likeness (QED) is 0.186. The number of carbonyl (C=O) groups excluding carboxylic acids is 1. The fraction of sp³-hybridized carbons (Fsp3) is 0.0882. The highest BCUT2D eigenvalue weighted by atomic mass is 19.1. The Labute approximate surface area is 248 Å². The van der Waals surface area contributed by atoms with Crippen LogP contribution in [-0.2, 0) is 12.8 Å². The number of hydrogen-bond acceptors (Lipinski definition) is 3. The second-order valence-electron chi connectivity index (χ2n) is 10.4. The van der Waals surface area contributed by atoms with E-state index in [1.165, 1.54) is 43.4 Å². The molecule has 0 radical (unpaired) electrons. The topological polar surface area (TPSA) is 86.5 Å². The normalized spacial score (nSPS) is 12.5. The Kier molecular flexibility index (Phi) is 6.61. The highest BCUT2D eigenvalue weighted by molar-refractivity contribution is 6.05. The number of nitrogens with zero attached hydrogens (tertiary/aromatic N) is 2. The second-order valence-corrected chi connectivity index (χ2v) is 10.4. The van der Waals surface area contributed by atoms with Crippen molar-refractivity contribution in [3.05, 3.63) is 118 Å². The van der Waals surface area contributed by atoms with Gasteiger partial charge in [-0.3, -0.25) is 9.78 Å². The summed E-state index contributed by atoms with van der Waals surface area (Å²) in [4.78, 5) is 29.1. The van der Waals surface area contributed by atoms with E-state index in [0.29, 0.717) is 46.3 Å². The van der Waals surface area contributed by atoms with Gasteiger partial charge in [0.15, 0.2) is 0 Å². The zero-order valence-electron chi connectivity index (χ0n) is 23.2. The molecule has 0 atom stereocenters. The van der Waals surface area contributed by atoms with Gasteiger partial charge in [0.25, 0.3) is 5.91 Å². The maximum Gasteiger partial charge on any atom is 0.255 e. The van der Waals surface area contributed by atoms with Gasteiger partial charge in [-0.15, -0.1) is 0 Å². The van der Waals surface area contributed by atoms with Crippen LogP contribution in [-0.4, -0.2) is 32.9 Å². The maximum absolute atomic E-state index is 15.2. The van der Waals surface area contributed by atoms with E-state index in [2.05, 4.69) is 20.3 Å². The number of aryl methyl sites for hydroxylation is 2. The molecule has 3 N–H and O–H groups in total. The molecular weight excluding hydrogens is 570 g/mol. The molecule has 44 heavy (non-hydrogen) atoms. The fourth-order valence-corrected chi connectivity index (χ4v) is 5.78. The average molecular weight is 594 g/mol. The summed E-state index contributed by atoms with van der Waals surface area (Å²) in [6.45, 7) is 0. The van der Waals surface area contributed by atoms with Gasteiger partial charge in [-0.05, 0) is 79.6 Å². The predicted octanol–water partition coefficient (Wildman–Crippen LogP) is 7.52. The van der Waals surface area contributed by atoms with Crippen molar-refractivity contribution in [3.8, 4) is 22.3 Å². The maximum atomic E-state index is 15.2. The summed E-state index contributed by atoms with van der Waals surface area (Å²) >= 11 is 0. The van der Waals surface area contributed by atoms with E-state index in [1.807, 2.05) is 0 Å². The predicted molar refractivity (Wildman–Crippen MR) is 161 cm³/mol. The molecule has 2 aliphatic rings. The Morgan fingerprint density at radius 1 is 0.682 bits per heavy atom. The van der Waals surface area contributed by atoms with E-state index in [0.717, 1.165) is 0 Å². The molecule has 0 fully saturated rings. The van der Waals surface area contributed by atoms with Gasteiger partial charge >= 0.3 is 0 Å². The van der Waals surface area contributed by atoms with Gasteiger partial charge in [-0.2, -0.15) is 0 Å². The molecule has 0 aliphatic carbocycles. The summed E-state index contributed by atoms with van der Waals surface area (Å²) in [5.74, 6) is -3.54. The number of H-pyrrole nitrogens is 2. The van der Waals surface area contributed by atoms with Crippen LogP contribution in [0.25, 0.3) is 56.5 Å². The SMILES string of the molecule is CNC(=O)c1c2nc(c(-c3c(F)cccc3F)c3ccc(cc4nc(c(-c5c(F)cccc5F)c5ccc1[nH]5)CC4)[nH]3)C=C2. The number of fused-ring (bicyclic) bond motifs is 8. The third kappa shape index (κ3) is 4.55. The summed E-state index contributed by atoms with van der Waals surface area (Å²) < 4.78 is 60.8. The molecule has 2 aromatic carbocycles. The van der Waals surface area contributed by atoms with Crippen molar-refractivity contribution >= 4 is 40.1 Å². The molecule has 5 heterocycles. The first-order valence-electron chi connectivity index (χ1n) is 13.9. The zero-order chi connectivity index (χ0) is 30.5. The van der Waals surface area contributed by atoms with Crippen LogP contribution < -0.4 is 5.32 Å². The number of amides is 1. The van der Waals surface area contributed by atoms with Crippen molar-refractivity contribution in [2.75, 3.05) is 7.05 Å². The first-order valence-corrected chi connectivity index (χ1v) is 13.9. The molecule has 1 amide bonds. The Bertz CT molecular complexity index is 2160. The van der Waals surface area contributed by atoms with Crippen LogP contribution in [0.2, 0.25) is 0 Å². The van der Waals surface area contributed by atoms with Crippen LogP contribution in [0.15, 0.2) is 66.7 Å². The van der Waals surface area contributed by atoms with Crippen molar-refractivity contribution in [1.82, 2.24) is 25.3 Å². The average Bonchev–Trinajstić information content (AvgIpc) is 3.82. The minimum atomic E-state index is -0.772. The molecule has 0 saturated carbocycles. The number of carbonyl (C=O) groups is 1. The number of benzene rings is 2. The van der Waals surface area contributed by atoms with Gasteiger partial charge in [0.2, 0.25) is 0 Å². The number of nitrogens with one attached hydrogen (secondary N) is 3. The Balaban J connectivity index is 1.67. The van der Waals surface area contributed by atoms with Gasteiger partial charge in [-0.25, -0.2) is 22.5 Å². The van der Waals surface area contributed by atoms with Crippen molar-refractivity contribution in [1.29, 1.82) is 0 Å². The van der Waals surface area contributed by atoms with Crippen LogP contribution in [0.1, 0.15) is 33.1 Å². The minimum Gasteiger partial charge on any atom is -0.355 e. The lowest BCUT2D eigenvalue weighted by molar-refractivity contribution is 0.0964. The van der Waals surface area contributed by atoms with E-state index in [9.17, 15) is 4.79 Å². The van der Waals surface area contributed by atoms with E-state index < -0.39 is 29.2 Å². The van der Waals surface area contributed by atoms with Crippen LogP contribution in [0.3, 0.4) is 0 Å². The number of rotatable bonds is 3. The second kappa shape index (κ2) is 10.6. The van der Waals surface area contributed by atoms with E-state index >= 15 is 17.6 Å². The molecule has 7 rings (SSSR count). The first kappa shape index (κ1) is 27.3. The van der Waals surface area contributed by atoms with E-state index in [1.54, 1.807) is 42.5 Å². The number of aromatic amines is 2. The number of halogens is 4. The molecule has 0 unspecified atom stereocenters. The molecule has 5 aromatic rings. The molecule has 218 valence electrons. The van der Waals surface area contributed by atoms with Crippen molar-refractivity contribution in [3.63, 3.8) is 0 Å². The standard InChI is InChI=1S/C34H23F4N5O/c1-39-34(44)33-27-14-12-25(42-27)31(29-19(35)4-2-5-20(29)36)23-10-8-17(40-23)16-18-9-11-24(41-18)32(26-13-15-28(33)43-26)30-21(37)6-3-7-22(30)38/h2-8,10,12-16,40,43H,9,11H2,1H3,(H,39,44). The highest BCUT2D eigenvalue weighted by Crippen LogP contribution is 2.36. The van der Waals surface area contributed by atoms with Crippen LogP contribution in [0.4, 0.5) is 17.6 Å². The lowest BCUT2D eigenvalue weighted by Gasteiger charge is -2.08. The first-order chi connectivity index (χ1) is 21.3. The Hall–Kier alpha value is -5.51. The van der Waals surface area contributed by atoms with Crippen molar-refractivity contribution < 1.29 is 22.4 Å². The Morgan fingerprint density at radius 3 is 1.95 bits per heavy atom. The smallest absolute Gasteiger partial charge is 0.255 e. The van der Waals surface area contributed by atoms with Crippen LogP contribution in [0.5, 0.6) is 0 Å². The van der Waals surface area contributed by atoms with E-state index in [-0.39, 0.29) is 39.2 Å². The van der Waals surface area contributed by atoms with Gasteiger partial charge in [0.1, 0.15) is 23.3 Å². The molecule has 6 nitrogen and oxygen atoms in total. The molecule has 0 saturated heterocycles. The summed E-state index contributed by atoms with van der Waals surface area (Å²) in [6, 6.07) is 15.8. The molecule has 0 spiro atoms. The minimum absolute atomic E-state index is 0.125. The number of hydrogen-bond donors (Lipinski definition) is 3. The lowest BCUT2D eigenvalue weighted by atomic mass is 10.0. The van der Waals surface area contributed by atoms with Crippen molar-refractivity contribution in [2.24, 2.45) is 0 Å². The van der Waals surface area contributed by atoms with Gasteiger partial charge in [-0.1, -0.05) is 12.1 Å². The monoisotopic (exact) mass is 593 g/mol. The van der Waals surface area contributed by atoms with Gasteiger partial charge in [0.05, 0.1) is 39.3 Å². The van der Waals surface area contributed by atoms with Gasteiger partial charge < -0.3 is 15.3 Å². The molecular formula is C34H23F4N5O. The summed E-state index contributed by atoms with van der Waals surface area (Å²) in [5, 5.41) is 2.61. The van der Waals surface area contributed by atoms with Crippen LogP contribution >= 0.6 is 0 Å². The van der Waals surface area contributed by atoms with E-state index in [4.69, 9.17) is 4.98 Å². The summed E-state index contributed by atoms with van der Waals surface area (Å²) in [5.41, 5.74) is 3.27. The molecule has 10 heteroatoms. The molecule has 3 aromatic heterocycles. The van der Waals surface area contributed by atoms with Crippen LogP contribution in [0, 0.1) is 23.3 Å². The third-order valence-corrected chi connectivity index (χ3v) is 7.74. The third-order valence-electron chi connectivity index (χ3n) is 7.74. The Morgan fingerprint density at radius 2 is 1.27 bits per heavy atom. The molecule has 2 aliphatic heterocycles. The number of aromatic nitrogens is 4. The van der Waals surface area contributed by atoms with Gasteiger partial charge in [0, 0.05) is 40.4 Å². The highest BCUT2D eigenvalue weighted by Gasteiger charge is 2.23. The van der Waals surface area contributed by atoms with Crippen molar-refractivity contribution in [2.45, 2.75) is 12.8 Å².